The molecule has 1 aromatic rings. The maximum Gasteiger partial charge on any atom is 0.310 e. The van der Waals surface area contributed by atoms with Crippen LogP contribution in [0.2, 0.25) is 0 Å². The second-order valence-corrected chi connectivity index (χ2v) is 6.37. The van der Waals surface area contributed by atoms with Crippen molar-refractivity contribution in [3.63, 3.8) is 0 Å². The summed E-state index contributed by atoms with van der Waals surface area (Å²) in [6.07, 6.45) is 2.95. The van der Waals surface area contributed by atoms with Crippen molar-refractivity contribution < 1.29 is 23.8 Å². The van der Waals surface area contributed by atoms with Crippen molar-refractivity contribution in [1.82, 2.24) is 0 Å². The zero-order valence-corrected chi connectivity index (χ0v) is 13.3. The van der Waals surface area contributed by atoms with Crippen LogP contribution in [0.15, 0.2) is 30.3 Å². The SMILES string of the molecule is COC(=O)C1CC2(CCCO2)CC1C(=O)OCc1ccccc1. The first-order valence-corrected chi connectivity index (χ1v) is 8.06. The molecule has 0 bridgehead atoms. The topological polar surface area (TPSA) is 61.8 Å². The maximum absolute atomic E-state index is 12.5. The monoisotopic (exact) mass is 318 g/mol. The van der Waals surface area contributed by atoms with Crippen LogP contribution in [-0.2, 0) is 30.4 Å². The first kappa shape index (κ1) is 16.0. The fourth-order valence-corrected chi connectivity index (χ4v) is 3.73. The molecular formula is C18H22O5. The standard InChI is InChI=1S/C18H22O5/c1-21-16(19)14-10-18(8-5-9-23-18)11-15(14)17(20)22-12-13-6-3-2-4-7-13/h2-4,6-7,14-15H,5,8-12H2,1H3. The lowest BCUT2D eigenvalue weighted by Gasteiger charge is -2.21. The van der Waals surface area contributed by atoms with Gasteiger partial charge in [-0.15, -0.1) is 0 Å². The maximum atomic E-state index is 12.5. The lowest BCUT2D eigenvalue weighted by molar-refractivity contribution is -0.158. The van der Waals surface area contributed by atoms with E-state index in [1.165, 1.54) is 7.11 Å². The molecule has 1 saturated carbocycles. The van der Waals surface area contributed by atoms with Gasteiger partial charge in [0.1, 0.15) is 6.61 Å². The molecule has 124 valence electrons. The van der Waals surface area contributed by atoms with Gasteiger partial charge < -0.3 is 14.2 Å². The highest BCUT2D eigenvalue weighted by Crippen LogP contribution is 2.48. The van der Waals surface area contributed by atoms with Crippen LogP contribution in [0.3, 0.4) is 0 Å². The zero-order valence-electron chi connectivity index (χ0n) is 13.3. The largest absolute Gasteiger partial charge is 0.469 e. The minimum atomic E-state index is -0.482. The molecule has 3 unspecified atom stereocenters. The summed E-state index contributed by atoms with van der Waals surface area (Å²) in [6, 6.07) is 9.52. The van der Waals surface area contributed by atoms with Gasteiger partial charge in [-0.1, -0.05) is 30.3 Å². The van der Waals surface area contributed by atoms with Crippen LogP contribution >= 0.6 is 0 Å². The quantitative estimate of drug-likeness (QED) is 0.798. The second kappa shape index (κ2) is 6.71. The van der Waals surface area contributed by atoms with Crippen molar-refractivity contribution in [2.45, 2.75) is 37.9 Å². The van der Waals surface area contributed by atoms with E-state index < -0.39 is 11.8 Å². The summed E-state index contributed by atoms with van der Waals surface area (Å²) < 4.78 is 16.2. The number of esters is 2. The summed E-state index contributed by atoms with van der Waals surface area (Å²) in [5, 5.41) is 0. The van der Waals surface area contributed by atoms with Crippen LogP contribution in [0.1, 0.15) is 31.2 Å². The number of carbonyl (C=O) groups is 2. The van der Waals surface area contributed by atoms with Crippen LogP contribution in [0.5, 0.6) is 0 Å². The first-order valence-electron chi connectivity index (χ1n) is 8.06. The van der Waals surface area contributed by atoms with Crippen LogP contribution < -0.4 is 0 Å². The molecule has 1 aliphatic carbocycles. The Kier molecular flexibility index (Phi) is 4.66. The predicted molar refractivity (Wildman–Crippen MR) is 82.4 cm³/mol. The molecule has 23 heavy (non-hydrogen) atoms. The van der Waals surface area contributed by atoms with Crippen LogP contribution in [-0.4, -0.2) is 31.3 Å². The Morgan fingerprint density at radius 3 is 2.48 bits per heavy atom. The molecule has 0 amide bonds. The summed E-state index contributed by atoms with van der Waals surface area (Å²) >= 11 is 0. The van der Waals surface area contributed by atoms with Gasteiger partial charge in [0.25, 0.3) is 0 Å². The van der Waals surface area contributed by atoms with Crippen molar-refractivity contribution in [2.75, 3.05) is 13.7 Å². The number of ether oxygens (including phenoxy) is 3. The molecule has 0 N–H and O–H groups in total. The Balaban J connectivity index is 1.67. The Labute approximate surface area is 135 Å². The van der Waals surface area contributed by atoms with E-state index >= 15 is 0 Å². The van der Waals surface area contributed by atoms with E-state index in [1.807, 2.05) is 30.3 Å². The smallest absolute Gasteiger partial charge is 0.310 e. The summed E-state index contributed by atoms with van der Waals surface area (Å²) in [7, 11) is 1.36. The van der Waals surface area contributed by atoms with E-state index in [0.717, 1.165) is 18.4 Å². The molecule has 5 nitrogen and oxygen atoms in total. The lowest BCUT2D eigenvalue weighted by atomic mass is 9.96. The van der Waals surface area contributed by atoms with Gasteiger partial charge in [0, 0.05) is 6.61 Å². The number of rotatable bonds is 4. The third-order valence-corrected chi connectivity index (χ3v) is 4.89. The highest BCUT2D eigenvalue weighted by molar-refractivity contribution is 5.83. The van der Waals surface area contributed by atoms with Crippen molar-refractivity contribution in [2.24, 2.45) is 11.8 Å². The van der Waals surface area contributed by atoms with Crippen molar-refractivity contribution >= 4 is 11.9 Å². The van der Waals surface area contributed by atoms with E-state index in [0.29, 0.717) is 19.4 Å². The Bertz CT molecular complexity index is 562. The third kappa shape index (κ3) is 3.39. The molecule has 3 rings (SSSR count). The summed E-state index contributed by atoms with van der Waals surface area (Å²) in [5.41, 5.74) is 0.579. The minimum absolute atomic E-state index is 0.220. The molecule has 2 fully saturated rings. The molecule has 1 saturated heterocycles. The highest BCUT2D eigenvalue weighted by atomic mass is 16.5. The average Bonchev–Trinajstić information content (AvgIpc) is 3.20. The van der Waals surface area contributed by atoms with Gasteiger partial charge in [-0.2, -0.15) is 0 Å². The van der Waals surface area contributed by atoms with Gasteiger partial charge in [-0.25, -0.2) is 0 Å². The van der Waals surface area contributed by atoms with Gasteiger partial charge in [0.05, 0.1) is 24.5 Å². The molecule has 0 aromatic heterocycles. The molecular weight excluding hydrogens is 296 g/mol. The van der Waals surface area contributed by atoms with E-state index in [4.69, 9.17) is 14.2 Å². The van der Waals surface area contributed by atoms with Gasteiger partial charge >= 0.3 is 11.9 Å². The molecule has 2 aliphatic rings. The van der Waals surface area contributed by atoms with Gasteiger partial charge in [0.15, 0.2) is 0 Å². The Hall–Kier alpha value is -1.88. The average molecular weight is 318 g/mol. The van der Waals surface area contributed by atoms with E-state index in [1.54, 1.807) is 0 Å². The summed E-state index contributed by atoms with van der Waals surface area (Å²) in [6.45, 7) is 0.914. The molecule has 5 heteroatoms. The normalized spacial score (nSPS) is 29.6. The Morgan fingerprint density at radius 1 is 1.17 bits per heavy atom. The second-order valence-electron chi connectivity index (χ2n) is 6.37. The van der Waals surface area contributed by atoms with Gasteiger partial charge in [-0.05, 0) is 31.2 Å². The Morgan fingerprint density at radius 2 is 1.87 bits per heavy atom. The number of hydrogen-bond donors (Lipinski definition) is 0. The van der Waals surface area contributed by atoms with Gasteiger partial charge in [-0.3, -0.25) is 9.59 Å². The highest BCUT2D eigenvalue weighted by Gasteiger charge is 2.54. The van der Waals surface area contributed by atoms with E-state index in [9.17, 15) is 9.59 Å². The molecule has 1 heterocycles. The van der Waals surface area contributed by atoms with Crippen molar-refractivity contribution in [3.8, 4) is 0 Å². The van der Waals surface area contributed by atoms with Crippen LogP contribution in [0.25, 0.3) is 0 Å². The third-order valence-electron chi connectivity index (χ3n) is 4.89. The first-order chi connectivity index (χ1) is 11.1. The number of methoxy groups -OCH3 is 1. The molecule has 1 spiro atoms. The van der Waals surface area contributed by atoms with Crippen LogP contribution in [0, 0.1) is 11.8 Å². The predicted octanol–water partition coefficient (Wildman–Crippen LogP) is 2.48. The minimum Gasteiger partial charge on any atom is -0.469 e. The number of carbonyl (C=O) groups excluding carboxylic acids is 2. The van der Waals surface area contributed by atoms with Crippen LogP contribution in [0.4, 0.5) is 0 Å². The molecule has 3 atom stereocenters. The number of hydrogen-bond acceptors (Lipinski definition) is 5. The van der Waals surface area contributed by atoms with Crippen molar-refractivity contribution in [3.05, 3.63) is 35.9 Å². The van der Waals surface area contributed by atoms with E-state index in [2.05, 4.69) is 0 Å². The van der Waals surface area contributed by atoms with Crippen molar-refractivity contribution in [1.29, 1.82) is 0 Å². The fraction of sp³-hybridized carbons (Fsp3) is 0.556. The molecule has 0 radical (unpaired) electrons. The molecule has 1 aliphatic heterocycles. The zero-order chi connectivity index (χ0) is 16.3. The van der Waals surface area contributed by atoms with Gasteiger partial charge in [0.2, 0.25) is 0 Å². The lowest BCUT2D eigenvalue weighted by Crippen LogP contribution is -2.27. The summed E-state index contributed by atoms with van der Waals surface area (Å²) in [4.78, 5) is 24.6. The number of benzene rings is 1. The van der Waals surface area contributed by atoms with E-state index in [-0.39, 0.29) is 24.1 Å². The molecule has 1 aromatic carbocycles. The summed E-state index contributed by atoms with van der Waals surface area (Å²) in [5.74, 6) is -1.64. The fourth-order valence-electron chi connectivity index (χ4n) is 3.73.